The number of rotatable bonds is 4. The maximum absolute atomic E-state index is 11.2. The maximum atomic E-state index is 11.2. The van der Waals surface area contributed by atoms with Crippen molar-refractivity contribution in [3.05, 3.63) is 0 Å². The lowest BCUT2D eigenvalue weighted by atomic mass is 9.57. The van der Waals surface area contributed by atoms with Crippen molar-refractivity contribution in [1.29, 1.82) is 0 Å². The normalized spacial score (nSPS) is 31.4. The van der Waals surface area contributed by atoms with E-state index in [1.807, 2.05) is 0 Å². The van der Waals surface area contributed by atoms with Crippen molar-refractivity contribution >= 4 is 5.97 Å². The van der Waals surface area contributed by atoms with Crippen LogP contribution < -0.4 is 5.73 Å². The largest absolute Gasteiger partial charge is 0.469 e. The van der Waals surface area contributed by atoms with E-state index in [4.69, 9.17) is 5.73 Å². The van der Waals surface area contributed by atoms with Crippen LogP contribution in [0.5, 0.6) is 0 Å². The molecule has 0 saturated heterocycles. The molecule has 1 fully saturated rings. The van der Waals surface area contributed by atoms with Crippen LogP contribution in [0.15, 0.2) is 0 Å². The highest BCUT2D eigenvalue weighted by atomic mass is 16.5. The Morgan fingerprint density at radius 2 is 2.14 bits per heavy atom. The van der Waals surface area contributed by atoms with Gasteiger partial charge in [-0.15, -0.1) is 0 Å². The van der Waals surface area contributed by atoms with Gasteiger partial charge in [0.05, 0.1) is 13.5 Å². The molecule has 0 aromatic carbocycles. The monoisotopic (exact) mass is 199 g/mol. The second-order valence-corrected chi connectivity index (χ2v) is 4.87. The van der Waals surface area contributed by atoms with E-state index >= 15 is 0 Å². The molecule has 2 N–H and O–H groups in total. The van der Waals surface area contributed by atoms with E-state index in [2.05, 4.69) is 18.6 Å². The smallest absolute Gasteiger partial charge is 0.306 e. The van der Waals surface area contributed by atoms with Crippen LogP contribution in [0.4, 0.5) is 0 Å². The fourth-order valence-electron chi connectivity index (χ4n) is 2.29. The number of hydrogen-bond donors (Lipinski definition) is 1. The van der Waals surface area contributed by atoms with Gasteiger partial charge in [-0.25, -0.2) is 0 Å². The van der Waals surface area contributed by atoms with E-state index < -0.39 is 0 Å². The van der Waals surface area contributed by atoms with Crippen molar-refractivity contribution in [2.45, 2.75) is 33.1 Å². The maximum Gasteiger partial charge on any atom is 0.306 e. The first-order valence-corrected chi connectivity index (χ1v) is 5.30. The summed E-state index contributed by atoms with van der Waals surface area (Å²) in [5.74, 6) is 1.31. The molecule has 1 rings (SSSR count). The number of carbonyl (C=O) groups excluding carboxylic acids is 1. The first kappa shape index (κ1) is 11.5. The Balaban J connectivity index is 2.44. The van der Waals surface area contributed by atoms with Gasteiger partial charge in [-0.05, 0) is 36.6 Å². The Morgan fingerprint density at radius 1 is 1.57 bits per heavy atom. The summed E-state index contributed by atoms with van der Waals surface area (Å²) in [6.45, 7) is 5.05. The summed E-state index contributed by atoms with van der Waals surface area (Å²) < 4.78 is 4.68. The number of esters is 1. The molecule has 0 radical (unpaired) electrons. The van der Waals surface area contributed by atoms with Crippen molar-refractivity contribution in [2.75, 3.05) is 13.7 Å². The lowest BCUT2D eigenvalue weighted by molar-refractivity contribution is -0.146. The predicted octanol–water partition coefficient (Wildman–Crippen LogP) is 1.56. The molecule has 0 aromatic heterocycles. The second-order valence-electron chi connectivity index (χ2n) is 4.87. The Bertz CT molecular complexity index is 207. The summed E-state index contributed by atoms with van der Waals surface area (Å²) >= 11 is 0. The van der Waals surface area contributed by atoms with Crippen LogP contribution in [-0.2, 0) is 9.53 Å². The minimum absolute atomic E-state index is 0.0437. The molecule has 0 bridgehead atoms. The molecular formula is C11H21NO2. The SMILES string of the molecule is COC(=O)CC1(CN)CC(C(C)C)C1. The highest BCUT2D eigenvalue weighted by molar-refractivity contribution is 5.70. The second kappa shape index (κ2) is 4.30. The molecular weight excluding hydrogens is 178 g/mol. The van der Waals surface area contributed by atoms with Gasteiger partial charge < -0.3 is 10.5 Å². The minimum atomic E-state index is -0.127. The van der Waals surface area contributed by atoms with Gasteiger partial charge in [-0.2, -0.15) is 0 Å². The summed E-state index contributed by atoms with van der Waals surface area (Å²) in [5.41, 5.74) is 5.77. The highest BCUT2D eigenvalue weighted by Crippen LogP contribution is 2.50. The van der Waals surface area contributed by atoms with Crippen molar-refractivity contribution < 1.29 is 9.53 Å². The van der Waals surface area contributed by atoms with Crippen LogP contribution in [0.2, 0.25) is 0 Å². The summed E-state index contributed by atoms with van der Waals surface area (Å²) in [6.07, 6.45) is 2.65. The molecule has 0 atom stereocenters. The molecule has 1 saturated carbocycles. The molecule has 0 unspecified atom stereocenters. The van der Waals surface area contributed by atoms with Crippen molar-refractivity contribution in [3.8, 4) is 0 Å². The lowest BCUT2D eigenvalue weighted by Gasteiger charge is -2.48. The standard InChI is InChI=1S/C11H21NO2/c1-8(2)9-4-11(5-9,7-12)6-10(13)14-3/h8-9H,4-7,12H2,1-3H3. The average molecular weight is 199 g/mol. The van der Waals surface area contributed by atoms with E-state index in [0.717, 1.165) is 18.8 Å². The predicted molar refractivity (Wildman–Crippen MR) is 55.7 cm³/mol. The van der Waals surface area contributed by atoms with Crippen molar-refractivity contribution in [3.63, 3.8) is 0 Å². The summed E-state index contributed by atoms with van der Waals surface area (Å²) in [7, 11) is 1.44. The number of nitrogens with two attached hydrogens (primary N) is 1. The van der Waals surface area contributed by atoms with E-state index in [-0.39, 0.29) is 11.4 Å². The van der Waals surface area contributed by atoms with Crippen LogP contribution >= 0.6 is 0 Å². The van der Waals surface area contributed by atoms with Gasteiger partial charge in [0.2, 0.25) is 0 Å². The molecule has 0 aromatic rings. The fourth-order valence-corrected chi connectivity index (χ4v) is 2.29. The van der Waals surface area contributed by atoms with Gasteiger partial charge in [0.25, 0.3) is 0 Å². The number of methoxy groups -OCH3 is 1. The Labute approximate surface area is 86.0 Å². The van der Waals surface area contributed by atoms with Gasteiger partial charge in [-0.3, -0.25) is 4.79 Å². The van der Waals surface area contributed by atoms with Crippen LogP contribution in [-0.4, -0.2) is 19.6 Å². The molecule has 0 amide bonds. The van der Waals surface area contributed by atoms with Gasteiger partial charge in [0.1, 0.15) is 0 Å². The number of hydrogen-bond acceptors (Lipinski definition) is 3. The number of ether oxygens (including phenoxy) is 1. The highest BCUT2D eigenvalue weighted by Gasteiger charge is 2.45. The Morgan fingerprint density at radius 3 is 2.50 bits per heavy atom. The first-order chi connectivity index (χ1) is 6.53. The molecule has 0 heterocycles. The van der Waals surface area contributed by atoms with Crippen LogP contribution in [0.3, 0.4) is 0 Å². The third-order valence-corrected chi connectivity index (χ3v) is 3.51. The van der Waals surface area contributed by atoms with Gasteiger partial charge >= 0.3 is 5.97 Å². The topological polar surface area (TPSA) is 52.3 Å². The Hall–Kier alpha value is -0.570. The zero-order chi connectivity index (χ0) is 10.8. The average Bonchev–Trinajstić information content (AvgIpc) is 2.09. The molecule has 14 heavy (non-hydrogen) atoms. The summed E-state index contributed by atoms with van der Waals surface area (Å²) in [5, 5.41) is 0. The fraction of sp³-hybridized carbons (Fsp3) is 0.909. The third kappa shape index (κ3) is 2.27. The van der Waals surface area contributed by atoms with Crippen LogP contribution in [0.1, 0.15) is 33.1 Å². The molecule has 3 nitrogen and oxygen atoms in total. The third-order valence-electron chi connectivity index (χ3n) is 3.51. The molecule has 1 aliphatic carbocycles. The van der Waals surface area contributed by atoms with Crippen molar-refractivity contribution in [2.24, 2.45) is 23.0 Å². The van der Waals surface area contributed by atoms with E-state index in [0.29, 0.717) is 18.9 Å². The molecule has 0 aliphatic heterocycles. The van der Waals surface area contributed by atoms with Gasteiger partial charge in [-0.1, -0.05) is 13.8 Å². The van der Waals surface area contributed by atoms with Crippen LogP contribution in [0, 0.1) is 17.3 Å². The lowest BCUT2D eigenvalue weighted by Crippen LogP contribution is -2.46. The van der Waals surface area contributed by atoms with E-state index in [1.165, 1.54) is 7.11 Å². The van der Waals surface area contributed by atoms with Crippen molar-refractivity contribution in [1.82, 2.24) is 0 Å². The van der Waals surface area contributed by atoms with E-state index in [9.17, 15) is 4.79 Å². The molecule has 0 spiro atoms. The Kier molecular flexibility index (Phi) is 3.53. The molecule has 1 aliphatic rings. The number of carbonyl (C=O) groups is 1. The quantitative estimate of drug-likeness (QED) is 0.699. The van der Waals surface area contributed by atoms with E-state index in [1.54, 1.807) is 0 Å². The summed E-state index contributed by atoms with van der Waals surface area (Å²) in [6, 6.07) is 0. The molecule has 82 valence electrons. The van der Waals surface area contributed by atoms with Crippen LogP contribution in [0.25, 0.3) is 0 Å². The van der Waals surface area contributed by atoms with Gasteiger partial charge in [0.15, 0.2) is 0 Å². The zero-order valence-electron chi connectivity index (χ0n) is 9.38. The van der Waals surface area contributed by atoms with Gasteiger partial charge in [0, 0.05) is 0 Å². The first-order valence-electron chi connectivity index (χ1n) is 5.30. The minimum Gasteiger partial charge on any atom is -0.469 e. The summed E-state index contributed by atoms with van der Waals surface area (Å²) in [4.78, 5) is 11.2. The zero-order valence-corrected chi connectivity index (χ0v) is 9.38. The molecule has 3 heteroatoms.